The molecule has 0 aliphatic carbocycles. The van der Waals surface area contributed by atoms with Crippen LogP contribution in [0.2, 0.25) is 0 Å². The maximum absolute atomic E-state index is 12.8. The number of esters is 1. The van der Waals surface area contributed by atoms with Gasteiger partial charge >= 0.3 is 24.5 Å². The van der Waals surface area contributed by atoms with E-state index in [0.717, 1.165) is 36.4 Å². The number of hydrogen-bond donors (Lipinski definition) is 3. The van der Waals surface area contributed by atoms with Crippen LogP contribution in [0.1, 0.15) is 21.7 Å². The second-order valence-electron chi connectivity index (χ2n) is 7.28. The number of aromatic nitrogens is 2. The van der Waals surface area contributed by atoms with Gasteiger partial charge < -0.3 is 24.5 Å². The van der Waals surface area contributed by atoms with Crippen molar-refractivity contribution in [3.8, 4) is 5.75 Å². The first kappa shape index (κ1) is 27.3. The fourth-order valence-corrected chi connectivity index (χ4v) is 2.98. The molecule has 2 aromatic carbocycles. The number of ether oxygens (including phenoxy) is 2. The Kier molecular flexibility index (Phi) is 8.27. The number of nitrogens with one attached hydrogen (secondary N) is 2. The predicted octanol–water partition coefficient (Wildman–Crippen LogP) is 4.64. The van der Waals surface area contributed by atoms with Gasteiger partial charge in [0.15, 0.2) is 5.82 Å². The van der Waals surface area contributed by atoms with Gasteiger partial charge in [0.1, 0.15) is 12.4 Å². The summed E-state index contributed by atoms with van der Waals surface area (Å²) in [6, 6.07) is 7.56. The van der Waals surface area contributed by atoms with Gasteiger partial charge in [-0.15, -0.1) is 13.2 Å². The third-order valence-corrected chi connectivity index (χ3v) is 4.51. The summed E-state index contributed by atoms with van der Waals surface area (Å²) in [6.07, 6.45) is -8.17. The zero-order valence-corrected chi connectivity index (χ0v) is 18.6. The summed E-state index contributed by atoms with van der Waals surface area (Å²) in [5.74, 6) is -1.91. The molecule has 0 aliphatic rings. The van der Waals surface area contributed by atoms with E-state index in [9.17, 15) is 35.9 Å². The molecule has 0 saturated heterocycles. The van der Waals surface area contributed by atoms with Crippen LogP contribution in [-0.2, 0) is 17.5 Å². The van der Waals surface area contributed by atoms with Gasteiger partial charge in [-0.1, -0.05) is 12.1 Å². The number of anilines is 2. The van der Waals surface area contributed by atoms with Crippen LogP contribution in [0.15, 0.2) is 54.7 Å². The maximum atomic E-state index is 12.8. The molecule has 0 saturated carbocycles. The number of halogens is 6. The third-order valence-electron chi connectivity index (χ3n) is 4.51. The summed E-state index contributed by atoms with van der Waals surface area (Å²) >= 11 is 0. The number of imidazole rings is 1. The molecular formula is C22H18F6N4O5. The smallest absolute Gasteiger partial charge is 0.457 e. The van der Waals surface area contributed by atoms with Crippen LogP contribution in [0.5, 0.6) is 5.75 Å². The van der Waals surface area contributed by atoms with E-state index in [1.807, 2.05) is 0 Å². The first-order valence-corrected chi connectivity index (χ1v) is 10.3. The Labute approximate surface area is 204 Å². The van der Waals surface area contributed by atoms with Crippen molar-refractivity contribution in [2.24, 2.45) is 0 Å². The number of aliphatic hydroxyl groups excluding tert-OH is 1. The molecule has 2 amide bonds. The Balaban J connectivity index is 1.73. The Morgan fingerprint density at radius 1 is 0.946 bits per heavy atom. The molecule has 0 unspecified atom stereocenters. The molecule has 3 aromatic rings. The minimum absolute atomic E-state index is 0.110. The van der Waals surface area contributed by atoms with Crippen LogP contribution >= 0.6 is 0 Å². The highest BCUT2D eigenvalue weighted by molar-refractivity contribution is 5.99. The SMILES string of the molecule is O=C(Nc1ccc(OC(F)(F)F)cc1)Nc1cn(Cc2ccc(C(F)(F)F)cc2)c(C(=O)OCCO)n1. The van der Waals surface area contributed by atoms with Gasteiger partial charge in [-0.05, 0) is 42.0 Å². The standard InChI is InChI=1S/C22H18F6N4O5/c23-21(24,25)14-3-1-13(2-4-14)11-32-12-17(30-18(32)19(34)36-10-9-33)31-20(35)29-15-5-7-16(8-6-15)37-22(26,27)28/h1-8,12,33H,9-11H2,(H2,29,31,35). The molecule has 0 spiro atoms. The molecule has 0 aliphatic heterocycles. The van der Waals surface area contributed by atoms with Crippen molar-refractivity contribution in [2.45, 2.75) is 19.1 Å². The monoisotopic (exact) mass is 532 g/mol. The van der Waals surface area contributed by atoms with Crippen LogP contribution < -0.4 is 15.4 Å². The number of aliphatic hydroxyl groups is 1. The normalized spacial score (nSPS) is 11.6. The summed E-state index contributed by atoms with van der Waals surface area (Å²) in [5.41, 5.74) is -0.376. The lowest BCUT2D eigenvalue weighted by Crippen LogP contribution is -2.20. The summed E-state index contributed by atoms with van der Waals surface area (Å²) in [5, 5.41) is 13.6. The van der Waals surface area contributed by atoms with Gasteiger partial charge in [0.25, 0.3) is 0 Å². The maximum Gasteiger partial charge on any atom is 0.573 e. The Morgan fingerprint density at radius 2 is 1.59 bits per heavy atom. The van der Waals surface area contributed by atoms with Gasteiger partial charge in [-0.25, -0.2) is 14.6 Å². The number of hydrogen-bond acceptors (Lipinski definition) is 6. The number of carbonyl (C=O) groups is 2. The van der Waals surface area contributed by atoms with Crippen molar-refractivity contribution in [3.05, 3.63) is 71.7 Å². The van der Waals surface area contributed by atoms with Crippen LogP contribution in [0.25, 0.3) is 0 Å². The predicted molar refractivity (Wildman–Crippen MR) is 116 cm³/mol. The van der Waals surface area contributed by atoms with E-state index in [1.165, 1.54) is 22.9 Å². The van der Waals surface area contributed by atoms with E-state index >= 15 is 0 Å². The van der Waals surface area contributed by atoms with Gasteiger partial charge in [0.2, 0.25) is 5.82 Å². The van der Waals surface area contributed by atoms with E-state index in [4.69, 9.17) is 9.84 Å². The number of carbonyl (C=O) groups excluding carboxylic acids is 2. The highest BCUT2D eigenvalue weighted by Gasteiger charge is 2.31. The van der Waals surface area contributed by atoms with Crippen molar-refractivity contribution in [1.82, 2.24) is 9.55 Å². The molecule has 3 N–H and O–H groups in total. The summed E-state index contributed by atoms with van der Waals surface area (Å²) in [4.78, 5) is 28.6. The minimum atomic E-state index is -4.87. The number of alkyl halides is 6. The third kappa shape index (κ3) is 8.13. The van der Waals surface area contributed by atoms with E-state index in [1.54, 1.807) is 0 Å². The molecule has 0 radical (unpaired) electrons. The largest absolute Gasteiger partial charge is 0.573 e. The van der Waals surface area contributed by atoms with Crippen molar-refractivity contribution in [3.63, 3.8) is 0 Å². The van der Waals surface area contributed by atoms with Gasteiger partial charge in [0, 0.05) is 18.4 Å². The van der Waals surface area contributed by atoms with Crippen LogP contribution in [0, 0.1) is 0 Å². The lowest BCUT2D eigenvalue weighted by atomic mass is 10.1. The molecule has 15 heteroatoms. The van der Waals surface area contributed by atoms with Crippen LogP contribution in [0.4, 0.5) is 42.6 Å². The minimum Gasteiger partial charge on any atom is -0.457 e. The number of rotatable bonds is 8. The fourth-order valence-electron chi connectivity index (χ4n) is 2.98. The molecule has 198 valence electrons. The number of benzene rings is 2. The quantitative estimate of drug-likeness (QED) is 0.288. The zero-order valence-electron chi connectivity index (χ0n) is 18.6. The second kappa shape index (κ2) is 11.2. The van der Waals surface area contributed by atoms with Gasteiger partial charge in [-0.3, -0.25) is 5.32 Å². The van der Waals surface area contributed by atoms with Crippen molar-refractivity contribution in [1.29, 1.82) is 0 Å². The average molecular weight is 532 g/mol. The lowest BCUT2D eigenvalue weighted by molar-refractivity contribution is -0.274. The molecule has 37 heavy (non-hydrogen) atoms. The van der Waals surface area contributed by atoms with E-state index in [0.29, 0.717) is 5.56 Å². The highest BCUT2D eigenvalue weighted by Crippen LogP contribution is 2.29. The molecule has 0 atom stereocenters. The first-order chi connectivity index (χ1) is 17.3. The zero-order chi connectivity index (χ0) is 27.2. The fraction of sp³-hybridized carbons (Fsp3) is 0.227. The van der Waals surface area contributed by atoms with Crippen molar-refractivity contribution >= 4 is 23.5 Å². The molecular weight excluding hydrogens is 514 g/mol. The summed E-state index contributed by atoms with van der Waals surface area (Å²) < 4.78 is 85.0. The molecule has 1 heterocycles. The lowest BCUT2D eigenvalue weighted by Gasteiger charge is -2.10. The number of nitrogens with zero attached hydrogens (tertiary/aromatic N) is 2. The molecule has 9 nitrogen and oxygen atoms in total. The van der Waals surface area contributed by atoms with Gasteiger partial charge in [-0.2, -0.15) is 13.2 Å². The molecule has 0 bridgehead atoms. The summed E-state index contributed by atoms with van der Waals surface area (Å²) in [7, 11) is 0. The first-order valence-electron chi connectivity index (χ1n) is 10.3. The molecule has 3 rings (SSSR count). The van der Waals surface area contributed by atoms with Crippen molar-refractivity contribution < 1.29 is 50.5 Å². The Bertz CT molecular complexity index is 1220. The molecule has 0 fully saturated rings. The Morgan fingerprint density at radius 3 is 2.16 bits per heavy atom. The van der Waals surface area contributed by atoms with Crippen molar-refractivity contribution in [2.75, 3.05) is 23.8 Å². The van der Waals surface area contributed by atoms with Gasteiger partial charge in [0.05, 0.1) is 12.2 Å². The van der Waals surface area contributed by atoms with Crippen LogP contribution in [-0.4, -0.2) is 46.2 Å². The van der Waals surface area contributed by atoms with Crippen LogP contribution in [0.3, 0.4) is 0 Å². The molecule has 1 aromatic heterocycles. The highest BCUT2D eigenvalue weighted by atomic mass is 19.4. The second-order valence-corrected chi connectivity index (χ2v) is 7.28. The number of urea groups is 1. The topological polar surface area (TPSA) is 115 Å². The Hall–Kier alpha value is -4.27. The average Bonchev–Trinajstić information content (AvgIpc) is 3.19. The van der Waals surface area contributed by atoms with E-state index in [2.05, 4.69) is 20.4 Å². The summed E-state index contributed by atoms with van der Waals surface area (Å²) in [6.45, 7) is -0.923. The van der Waals surface area contributed by atoms with E-state index < -0.39 is 42.5 Å². The number of amides is 2. The van der Waals surface area contributed by atoms with E-state index in [-0.39, 0.29) is 30.5 Å².